The van der Waals surface area contributed by atoms with E-state index in [2.05, 4.69) is 185 Å². The highest BCUT2D eigenvalue weighted by Crippen LogP contribution is 2.46. The molecule has 2 nitrogen and oxygen atoms in total. The van der Waals surface area contributed by atoms with Crippen LogP contribution in [-0.4, -0.2) is 4.57 Å². The highest BCUT2D eigenvalue weighted by Gasteiger charge is 2.25. The highest BCUT2D eigenvalue weighted by atomic mass is 15.2. The molecule has 10 rings (SSSR count). The molecule has 0 saturated heterocycles. The first-order valence-corrected chi connectivity index (χ1v) is 17.8. The molecule has 0 radical (unpaired) electrons. The average Bonchev–Trinajstić information content (AvgIpc) is 3.56. The SMILES string of the molecule is C1=CC(c2ccccc2)CC=C1N(C1=CC=C(n2c3ccc4ccccc4c3c3c4ccccc4c4ccccc4c32)CC1)c1ccccc1. The van der Waals surface area contributed by atoms with Crippen LogP contribution >= 0.6 is 0 Å². The first kappa shape index (κ1) is 28.9. The van der Waals surface area contributed by atoms with Gasteiger partial charge in [-0.25, -0.2) is 0 Å². The van der Waals surface area contributed by atoms with E-state index in [1.54, 1.807) is 0 Å². The minimum absolute atomic E-state index is 0.404. The Balaban J connectivity index is 1.16. The number of aromatic nitrogens is 1. The third-order valence-corrected chi connectivity index (χ3v) is 10.8. The van der Waals surface area contributed by atoms with Crippen molar-refractivity contribution in [1.29, 1.82) is 0 Å². The van der Waals surface area contributed by atoms with Crippen molar-refractivity contribution in [1.82, 2.24) is 4.57 Å². The van der Waals surface area contributed by atoms with Gasteiger partial charge in [-0.3, -0.25) is 0 Å². The zero-order valence-corrected chi connectivity index (χ0v) is 27.8. The van der Waals surface area contributed by atoms with Crippen molar-refractivity contribution in [3.05, 3.63) is 193 Å². The fraction of sp³-hybridized carbons (Fsp3) is 0.0833. The minimum atomic E-state index is 0.404. The van der Waals surface area contributed by atoms with E-state index in [1.165, 1.54) is 82.5 Å². The van der Waals surface area contributed by atoms with Gasteiger partial charge in [-0.15, -0.1) is 0 Å². The maximum Gasteiger partial charge on any atom is 0.0622 e. The van der Waals surface area contributed by atoms with Crippen LogP contribution in [0, 0.1) is 0 Å². The van der Waals surface area contributed by atoms with Gasteiger partial charge in [0.2, 0.25) is 0 Å². The molecule has 1 unspecified atom stereocenters. The number of nitrogens with zero attached hydrogens (tertiary/aromatic N) is 2. The Morgan fingerprint density at radius 1 is 0.540 bits per heavy atom. The summed E-state index contributed by atoms with van der Waals surface area (Å²) < 4.78 is 2.58. The quantitative estimate of drug-likeness (QED) is 0.170. The number of fused-ring (bicyclic) bond motifs is 10. The second-order valence-corrected chi connectivity index (χ2v) is 13.6. The van der Waals surface area contributed by atoms with E-state index in [0.29, 0.717) is 5.92 Å². The Kier molecular flexibility index (Phi) is 6.80. The van der Waals surface area contributed by atoms with Crippen LogP contribution in [0.1, 0.15) is 30.7 Å². The number of benzene rings is 7. The Bertz CT molecular complexity index is 2720. The molecule has 2 heteroatoms. The second kappa shape index (κ2) is 11.8. The van der Waals surface area contributed by atoms with E-state index in [9.17, 15) is 0 Å². The Morgan fingerprint density at radius 2 is 1.20 bits per heavy atom. The van der Waals surface area contributed by atoms with E-state index in [4.69, 9.17) is 0 Å². The molecule has 0 N–H and O–H groups in total. The van der Waals surface area contributed by atoms with Crippen molar-refractivity contribution in [2.45, 2.75) is 25.2 Å². The molecule has 2 aliphatic carbocycles. The molecule has 0 saturated carbocycles. The van der Waals surface area contributed by atoms with Crippen molar-refractivity contribution >= 4 is 65.5 Å². The lowest BCUT2D eigenvalue weighted by Crippen LogP contribution is -2.23. The van der Waals surface area contributed by atoms with Gasteiger partial charge in [-0.05, 0) is 88.2 Å². The fourth-order valence-corrected chi connectivity index (χ4v) is 8.50. The molecule has 0 amide bonds. The number of hydrogen-bond donors (Lipinski definition) is 0. The molecule has 0 fully saturated rings. The molecule has 0 spiro atoms. The topological polar surface area (TPSA) is 8.17 Å². The zero-order valence-electron chi connectivity index (χ0n) is 27.8. The van der Waals surface area contributed by atoms with Crippen molar-refractivity contribution < 1.29 is 0 Å². The van der Waals surface area contributed by atoms with E-state index in [-0.39, 0.29) is 0 Å². The van der Waals surface area contributed by atoms with Crippen LogP contribution in [0.4, 0.5) is 5.69 Å². The predicted molar refractivity (Wildman–Crippen MR) is 213 cm³/mol. The van der Waals surface area contributed by atoms with Crippen LogP contribution < -0.4 is 4.90 Å². The summed E-state index contributed by atoms with van der Waals surface area (Å²) in [6.07, 6.45) is 14.7. The zero-order chi connectivity index (χ0) is 33.0. The maximum atomic E-state index is 2.58. The number of para-hydroxylation sites is 1. The Labute approximate surface area is 292 Å². The first-order chi connectivity index (χ1) is 24.8. The summed E-state index contributed by atoms with van der Waals surface area (Å²) in [5.41, 5.74) is 9.03. The lowest BCUT2D eigenvalue weighted by Gasteiger charge is -2.32. The molecular formula is C48H36N2. The third-order valence-electron chi connectivity index (χ3n) is 10.8. The number of allylic oxidation sites excluding steroid dienone is 7. The van der Waals surface area contributed by atoms with Crippen molar-refractivity contribution in [3.63, 3.8) is 0 Å². The molecular weight excluding hydrogens is 605 g/mol. The minimum Gasteiger partial charge on any atom is -0.315 e. The lowest BCUT2D eigenvalue weighted by molar-refractivity contribution is 0.824. The van der Waals surface area contributed by atoms with Crippen LogP contribution in [0.3, 0.4) is 0 Å². The van der Waals surface area contributed by atoms with Gasteiger partial charge in [-0.2, -0.15) is 0 Å². The van der Waals surface area contributed by atoms with Crippen LogP contribution in [-0.2, 0) is 0 Å². The molecule has 1 heterocycles. The van der Waals surface area contributed by atoms with E-state index >= 15 is 0 Å². The van der Waals surface area contributed by atoms with Gasteiger partial charge in [0.05, 0.1) is 11.0 Å². The molecule has 8 aromatic rings. The van der Waals surface area contributed by atoms with Crippen molar-refractivity contribution in [3.8, 4) is 0 Å². The molecule has 0 bridgehead atoms. The first-order valence-electron chi connectivity index (χ1n) is 17.8. The summed E-state index contributed by atoms with van der Waals surface area (Å²) in [6, 6.07) is 53.1. The van der Waals surface area contributed by atoms with Crippen LogP contribution in [0.2, 0.25) is 0 Å². The molecule has 7 aromatic carbocycles. The summed E-state index contributed by atoms with van der Waals surface area (Å²) in [5, 5.41) is 10.5. The van der Waals surface area contributed by atoms with E-state index in [1.807, 2.05) is 0 Å². The van der Waals surface area contributed by atoms with E-state index < -0.39 is 0 Å². The van der Waals surface area contributed by atoms with Crippen molar-refractivity contribution in [2.24, 2.45) is 0 Å². The maximum absolute atomic E-state index is 2.58. The van der Waals surface area contributed by atoms with Gasteiger partial charge in [0, 0.05) is 44.9 Å². The van der Waals surface area contributed by atoms with Crippen LogP contribution in [0.25, 0.3) is 59.8 Å². The second-order valence-electron chi connectivity index (χ2n) is 13.6. The predicted octanol–water partition coefficient (Wildman–Crippen LogP) is 12.9. The number of rotatable bonds is 5. The fourth-order valence-electron chi connectivity index (χ4n) is 8.50. The summed E-state index contributed by atoms with van der Waals surface area (Å²) >= 11 is 0. The number of hydrogen-bond acceptors (Lipinski definition) is 1. The summed E-state index contributed by atoms with van der Waals surface area (Å²) in [4.78, 5) is 2.47. The van der Waals surface area contributed by atoms with Gasteiger partial charge in [0.1, 0.15) is 0 Å². The van der Waals surface area contributed by atoms with Gasteiger partial charge >= 0.3 is 0 Å². The lowest BCUT2D eigenvalue weighted by atomic mass is 9.91. The Hall–Kier alpha value is -6.12. The Morgan fingerprint density at radius 3 is 1.92 bits per heavy atom. The number of anilines is 1. The molecule has 1 aromatic heterocycles. The smallest absolute Gasteiger partial charge is 0.0622 e. The molecule has 1 atom stereocenters. The van der Waals surface area contributed by atoms with Crippen molar-refractivity contribution in [2.75, 3.05) is 4.90 Å². The molecule has 238 valence electrons. The summed E-state index contributed by atoms with van der Waals surface area (Å²) in [6.45, 7) is 0. The van der Waals surface area contributed by atoms with Crippen LogP contribution in [0.15, 0.2) is 187 Å². The highest BCUT2D eigenvalue weighted by molar-refractivity contribution is 6.36. The monoisotopic (exact) mass is 640 g/mol. The molecule has 50 heavy (non-hydrogen) atoms. The third kappa shape index (κ3) is 4.56. The normalized spacial score (nSPS) is 16.2. The van der Waals surface area contributed by atoms with Gasteiger partial charge < -0.3 is 9.47 Å². The molecule has 0 aliphatic heterocycles. The molecule has 2 aliphatic rings. The standard InChI is InChI=1S/C48H36N2/c1-3-13-33(14-4-1)34-23-26-37(27-24-34)49(36-16-5-2-6-17-36)38-28-30-39(31-29-38)50-45-32-25-35-15-7-8-18-40(35)46(45)47-43-21-11-9-19-41(43)42-20-10-12-22-44(42)48(47)50/h1-23,25-28,30,32,34H,24,29,31H2. The summed E-state index contributed by atoms with van der Waals surface area (Å²) in [7, 11) is 0. The summed E-state index contributed by atoms with van der Waals surface area (Å²) in [5.74, 6) is 0.404. The van der Waals surface area contributed by atoms with Gasteiger partial charge in [0.15, 0.2) is 0 Å². The largest absolute Gasteiger partial charge is 0.315 e. The average molecular weight is 641 g/mol. The van der Waals surface area contributed by atoms with Gasteiger partial charge in [0.25, 0.3) is 0 Å². The van der Waals surface area contributed by atoms with Gasteiger partial charge in [-0.1, -0.05) is 140 Å². The van der Waals surface area contributed by atoms with Crippen LogP contribution in [0.5, 0.6) is 0 Å². The van der Waals surface area contributed by atoms with E-state index in [0.717, 1.165) is 19.3 Å².